The molecule has 8 heterocycles. The zero-order valence-corrected chi connectivity index (χ0v) is 65.7. The van der Waals surface area contributed by atoms with Crippen molar-refractivity contribution in [2.75, 3.05) is 52.4 Å². The van der Waals surface area contributed by atoms with Gasteiger partial charge in [0.15, 0.2) is 46.0 Å². The molecule has 0 radical (unpaired) electrons. The summed E-state index contributed by atoms with van der Waals surface area (Å²) in [5.74, 6) is -3.04. The molecular formula is C94H98N4O20. The van der Waals surface area contributed by atoms with E-state index in [0.717, 1.165) is 138 Å². The first kappa shape index (κ1) is 72.5. The fraction of sp³-hybridized carbons (Fsp3) is 0.553. The monoisotopic (exact) mass is 1600 g/mol. The van der Waals surface area contributed by atoms with Gasteiger partial charge in [-0.1, -0.05) is 98.6 Å². The Morgan fingerprint density at radius 1 is 0.339 bits per heavy atom. The van der Waals surface area contributed by atoms with Crippen molar-refractivity contribution >= 4 is 23.9 Å². The molecule has 0 aromatic heterocycles. The smallest absolute Gasteiger partial charge is 0.344 e. The third-order valence-corrected chi connectivity index (χ3v) is 34.2. The van der Waals surface area contributed by atoms with E-state index >= 15 is 19.2 Å². The Balaban J connectivity index is 0.636. The second kappa shape index (κ2) is 24.7. The predicted molar refractivity (Wildman–Crippen MR) is 421 cm³/mol. The Hall–Kier alpha value is -8.34. The van der Waals surface area contributed by atoms with E-state index in [9.17, 15) is 40.9 Å². The molecule has 118 heavy (non-hydrogen) atoms. The Bertz CT molecular complexity index is 4770. The fourth-order valence-electron chi connectivity index (χ4n) is 27.7. The summed E-state index contributed by atoms with van der Waals surface area (Å²) >= 11 is 0. The maximum atomic E-state index is 16.3. The van der Waals surface area contributed by atoms with Crippen LogP contribution >= 0.6 is 0 Å². The van der Waals surface area contributed by atoms with Crippen molar-refractivity contribution in [3.05, 3.63) is 176 Å². The summed E-state index contributed by atoms with van der Waals surface area (Å²) in [4.78, 5) is 74.8. The molecule has 20 aliphatic rings. The van der Waals surface area contributed by atoms with Crippen molar-refractivity contribution < 1.29 is 97.9 Å². The average Bonchev–Trinajstić information content (AvgIpc) is 1.54. The molecule has 25 rings (SSSR count). The van der Waals surface area contributed by atoms with Gasteiger partial charge in [-0.25, -0.2) is 19.2 Å². The van der Waals surface area contributed by atoms with Gasteiger partial charge >= 0.3 is 23.9 Å². The number of carbonyl (C=O) groups is 4. The molecule has 24 nitrogen and oxygen atoms in total. The Labute approximate surface area is 681 Å². The van der Waals surface area contributed by atoms with E-state index in [2.05, 4.69) is 19.6 Å². The molecule has 20 atom stereocenters. The lowest BCUT2D eigenvalue weighted by Crippen LogP contribution is -2.75. The maximum absolute atomic E-state index is 16.3. The number of ether oxygens (including phenoxy) is 8. The van der Waals surface area contributed by atoms with E-state index in [-0.39, 0.29) is 70.2 Å². The number of likely N-dealkylation sites (tertiary alicyclic amines) is 4. The number of hydrogen-bond donors (Lipinski definition) is 8. The number of aliphatic hydroxyl groups excluding tert-OH is 4. The van der Waals surface area contributed by atoms with Crippen LogP contribution in [0.2, 0.25) is 0 Å². The second-order valence-corrected chi connectivity index (χ2v) is 39.0. The molecule has 8 N–H and O–H groups in total. The van der Waals surface area contributed by atoms with E-state index in [0.29, 0.717) is 123 Å². The quantitative estimate of drug-likeness (QED) is 0.0282. The Morgan fingerprint density at radius 2 is 0.559 bits per heavy atom. The summed E-state index contributed by atoms with van der Waals surface area (Å²) in [7, 11) is 0. The summed E-state index contributed by atoms with van der Waals surface area (Å²) in [6, 6.07) is 14.3. The van der Waals surface area contributed by atoms with Crippen LogP contribution in [-0.2, 0) is 47.3 Å². The van der Waals surface area contributed by atoms with Crippen LogP contribution in [0, 0.1) is 23.7 Å². The van der Waals surface area contributed by atoms with E-state index in [4.69, 9.17) is 37.9 Å². The molecule has 8 bridgehead atoms. The third-order valence-electron chi connectivity index (χ3n) is 34.2. The van der Waals surface area contributed by atoms with Crippen molar-refractivity contribution in [1.82, 2.24) is 19.6 Å². The van der Waals surface area contributed by atoms with E-state index in [1.165, 1.54) is 0 Å². The minimum Gasteiger partial charge on any atom is -0.482 e. The zero-order valence-electron chi connectivity index (χ0n) is 65.7. The molecule has 614 valence electrons. The fourth-order valence-corrected chi connectivity index (χ4v) is 27.7. The highest BCUT2D eigenvalue weighted by atomic mass is 16.6. The molecular weight excluding hydrogens is 1510 g/mol. The summed E-state index contributed by atoms with van der Waals surface area (Å²) in [6.45, 7) is 5.70. The van der Waals surface area contributed by atoms with Gasteiger partial charge in [0.25, 0.3) is 0 Å². The molecule has 0 amide bonds. The van der Waals surface area contributed by atoms with Crippen molar-refractivity contribution in [1.29, 1.82) is 0 Å². The number of aliphatic hydroxyl groups is 8. The first-order valence-electron chi connectivity index (χ1n) is 43.8. The van der Waals surface area contributed by atoms with Gasteiger partial charge < -0.3 is 78.7 Å². The van der Waals surface area contributed by atoms with Crippen molar-refractivity contribution in [3.63, 3.8) is 0 Å². The molecule has 8 aliphatic heterocycles. The lowest BCUT2D eigenvalue weighted by Gasteiger charge is -2.62. The first-order chi connectivity index (χ1) is 57.1. The van der Waals surface area contributed by atoms with Crippen LogP contribution in [0.1, 0.15) is 189 Å². The van der Waals surface area contributed by atoms with Crippen molar-refractivity contribution in [3.8, 4) is 46.0 Å². The molecule has 5 aromatic rings. The van der Waals surface area contributed by atoms with Crippen molar-refractivity contribution in [2.24, 2.45) is 23.7 Å². The number of piperidine rings is 4. The Morgan fingerprint density at radius 3 is 0.763 bits per heavy atom. The molecule has 5 aromatic carbocycles. The van der Waals surface area contributed by atoms with Gasteiger partial charge in [-0.15, -0.1) is 0 Å². The molecule has 8 fully saturated rings. The standard InChI is InChI=1S/C94H98N4O20/c99-59-21-25-91(107)67-37-51-13-17-63(75-71(51)87(91,79(59)115-75)29-33-95(67)43-47-5-1-6-47)111-83(103)55-41-57(85(105)113-65-19-15-53-39-69-93(109)27-23-61(101)81-89(93,73(53)77(65)117-81)31-35-97(69)45-49-9-3-10-49)58(86(106)114-66-20-16-54-40-70-94(110)28-24-62(102)82-90(94,74(54)78(66)118-82)32-36-98(70)46-50-11-4-12-50)42-56(55)84(104)112-64-18-14-52-38-68-92(108)26-22-60(100)80-88(92,72(52)76(64)116-80)30-34-96(68)44-48-7-2-8-48/h13-28,41-42,47-50,59-62,67-70,79-82,99-102,107-110H,1-12,29-40,43-46H2. The number of hydrogen-bond acceptors (Lipinski definition) is 24. The molecule has 12 aliphatic carbocycles. The van der Waals surface area contributed by atoms with Gasteiger partial charge in [0.1, 0.15) is 71.2 Å². The highest BCUT2D eigenvalue weighted by molar-refractivity contribution is 6.12. The number of rotatable bonds is 16. The Kier molecular flexibility index (Phi) is 15.2. The van der Waals surface area contributed by atoms with Crippen LogP contribution in [0.4, 0.5) is 0 Å². The molecule has 4 spiro atoms. The minimum atomic E-state index is -1.51. The van der Waals surface area contributed by atoms with Gasteiger partial charge in [-0.3, -0.25) is 19.6 Å². The normalized spacial score (nSPS) is 39.5. The molecule has 4 saturated carbocycles. The molecule has 4 saturated heterocycles. The van der Waals surface area contributed by atoms with Gasteiger partial charge in [-0.2, -0.15) is 0 Å². The van der Waals surface area contributed by atoms with E-state index in [1.54, 1.807) is 72.9 Å². The highest BCUT2D eigenvalue weighted by Gasteiger charge is 2.77. The summed E-state index contributed by atoms with van der Waals surface area (Å²) < 4.78 is 54.1. The summed E-state index contributed by atoms with van der Waals surface area (Å²) in [6.07, 6.45) is 21.3. The van der Waals surface area contributed by atoms with E-state index < -0.39 is 139 Å². The van der Waals surface area contributed by atoms with Crippen LogP contribution in [0.3, 0.4) is 0 Å². The predicted octanol–water partition coefficient (Wildman–Crippen LogP) is 6.93. The van der Waals surface area contributed by atoms with Crippen LogP contribution in [0.25, 0.3) is 0 Å². The van der Waals surface area contributed by atoms with Gasteiger partial charge in [-0.05, 0) is 211 Å². The number of esters is 4. The third kappa shape index (κ3) is 9.06. The van der Waals surface area contributed by atoms with Crippen LogP contribution in [0.15, 0.2) is 109 Å². The number of carbonyl (C=O) groups excluding carboxylic acids is 4. The second-order valence-electron chi connectivity index (χ2n) is 39.0. The maximum Gasteiger partial charge on any atom is 0.344 e. The van der Waals surface area contributed by atoms with Gasteiger partial charge in [0.05, 0.1) is 43.9 Å². The van der Waals surface area contributed by atoms with Crippen LogP contribution < -0.4 is 37.9 Å². The summed E-state index contributed by atoms with van der Waals surface area (Å²) in [5.41, 5.74) is -7.45. The van der Waals surface area contributed by atoms with Crippen LogP contribution in [0.5, 0.6) is 46.0 Å². The largest absolute Gasteiger partial charge is 0.482 e. The van der Waals surface area contributed by atoms with Gasteiger partial charge in [0.2, 0.25) is 0 Å². The van der Waals surface area contributed by atoms with Crippen LogP contribution in [-0.4, -0.2) is 232 Å². The average molecular weight is 1600 g/mol. The zero-order chi connectivity index (χ0) is 79.6. The van der Waals surface area contributed by atoms with E-state index in [1.807, 2.05) is 24.3 Å². The minimum absolute atomic E-state index is 0.110. The molecule has 20 unspecified atom stereocenters. The summed E-state index contributed by atoms with van der Waals surface area (Å²) in [5, 5.41) is 102. The number of benzene rings is 5. The number of nitrogens with zero attached hydrogens (tertiary/aromatic N) is 4. The lowest BCUT2D eigenvalue weighted by molar-refractivity contribution is -0.159. The van der Waals surface area contributed by atoms with Crippen molar-refractivity contribution in [2.45, 2.75) is 245 Å². The topological polar surface area (TPSA) is 317 Å². The first-order valence-corrected chi connectivity index (χ1v) is 43.8. The SMILES string of the molecule is O=C(Oc1ccc2c3c1OC1C(O)C=CC4(O)C(C2)N(CC2CCC2)CCC314)c1cc(C(=O)Oc2ccc3c4c2OC2C(O)C=CC5(O)C(C3)N(CC3CCC3)CCC425)c(C(=O)Oc2ccc3c4c2OC2C(O)C=CC5(O)C(C3)N(CC3CCC3)CCC425)cc1C(=O)Oc1ccc2c3c1OC1C(O)C=CC4(O)C(C2)N(CC2CCC2)CCC314. The van der Waals surface area contributed by atoms with Gasteiger partial charge in [0, 0.05) is 72.6 Å². The molecule has 24 heteroatoms. The lowest BCUT2D eigenvalue weighted by atomic mass is 9.50. The highest BCUT2D eigenvalue weighted by Crippen LogP contribution is 2.70.